The molecule has 1 aromatic heterocycles. The summed E-state index contributed by atoms with van der Waals surface area (Å²) >= 11 is 0. The number of benzene rings is 1. The van der Waals surface area contributed by atoms with E-state index in [1.807, 2.05) is 38.1 Å². The number of carbonyl (C=O) groups is 2. The van der Waals surface area contributed by atoms with Gasteiger partial charge in [0, 0.05) is 56.0 Å². The lowest BCUT2D eigenvalue weighted by Gasteiger charge is -2.18. The highest BCUT2D eigenvalue weighted by molar-refractivity contribution is 5.95. The third-order valence-electron chi connectivity index (χ3n) is 4.73. The predicted molar refractivity (Wildman–Crippen MR) is 98.9 cm³/mol. The number of hydrogen-bond acceptors (Lipinski definition) is 4. The molecule has 1 aromatic carbocycles. The van der Waals surface area contributed by atoms with Crippen LogP contribution < -0.4 is 10.6 Å². The smallest absolute Gasteiger partial charge is 0.272 e. The lowest BCUT2D eigenvalue weighted by Crippen LogP contribution is -2.30. The van der Waals surface area contributed by atoms with Crippen molar-refractivity contribution in [2.24, 2.45) is 0 Å². The maximum absolute atomic E-state index is 12.4. The van der Waals surface area contributed by atoms with Crippen molar-refractivity contribution in [1.82, 2.24) is 25.7 Å². The second-order valence-electron chi connectivity index (χ2n) is 6.31. The van der Waals surface area contributed by atoms with Crippen molar-refractivity contribution in [3.8, 4) is 0 Å². The van der Waals surface area contributed by atoms with E-state index in [0.29, 0.717) is 37.4 Å². The van der Waals surface area contributed by atoms with Gasteiger partial charge in [0.15, 0.2) is 5.69 Å². The number of aromatic amines is 1. The van der Waals surface area contributed by atoms with Gasteiger partial charge >= 0.3 is 0 Å². The first-order chi connectivity index (χ1) is 12.6. The Hall–Kier alpha value is -2.67. The number of nitrogens with zero attached hydrogens (tertiary/aromatic N) is 2. The highest BCUT2D eigenvalue weighted by Crippen LogP contribution is 2.15. The zero-order valence-electron chi connectivity index (χ0n) is 15.3. The van der Waals surface area contributed by atoms with Crippen molar-refractivity contribution in [2.75, 3.05) is 19.6 Å². The van der Waals surface area contributed by atoms with E-state index in [-0.39, 0.29) is 11.8 Å². The van der Waals surface area contributed by atoms with Gasteiger partial charge in [0.25, 0.3) is 11.8 Å². The summed E-state index contributed by atoms with van der Waals surface area (Å²) in [6.45, 7) is 7.27. The molecule has 0 saturated carbocycles. The van der Waals surface area contributed by atoms with E-state index in [0.717, 1.165) is 29.8 Å². The fraction of sp³-hybridized carbons (Fsp3) is 0.421. The summed E-state index contributed by atoms with van der Waals surface area (Å²) in [5.74, 6) is -0.157. The first-order valence-corrected chi connectivity index (χ1v) is 9.07. The number of fused-ring (bicyclic) bond motifs is 1. The molecule has 0 spiro atoms. The number of aromatic nitrogens is 2. The van der Waals surface area contributed by atoms with E-state index in [9.17, 15) is 9.59 Å². The predicted octanol–water partition coefficient (Wildman–Crippen LogP) is 1.47. The Bertz CT molecular complexity index is 778. The average molecular weight is 355 g/mol. The Labute approximate surface area is 153 Å². The van der Waals surface area contributed by atoms with Gasteiger partial charge in [-0.05, 0) is 31.5 Å². The van der Waals surface area contributed by atoms with Gasteiger partial charge in [0.1, 0.15) is 0 Å². The molecule has 2 heterocycles. The molecular formula is C19H25N5O2. The minimum absolute atomic E-state index is 0.0289. The van der Waals surface area contributed by atoms with Crippen molar-refractivity contribution in [2.45, 2.75) is 33.4 Å². The van der Waals surface area contributed by atoms with E-state index < -0.39 is 0 Å². The fourth-order valence-corrected chi connectivity index (χ4v) is 3.14. The van der Waals surface area contributed by atoms with E-state index in [1.54, 1.807) is 4.90 Å². The van der Waals surface area contributed by atoms with Crippen LogP contribution in [0.1, 0.15) is 51.5 Å². The van der Waals surface area contributed by atoms with Crippen LogP contribution in [-0.4, -0.2) is 46.5 Å². The summed E-state index contributed by atoms with van der Waals surface area (Å²) in [5, 5.41) is 13.3. The van der Waals surface area contributed by atoms with Crippen LogP contribution in [0.15, 0.2) is 24.3 Å². The van der Waals surface area contributed by atoms with E-state index in [2.05, 4.69) is 20.8 Å². The Morgan fingerprint density at radius 1 is 1.19 bits per heavy atom. The zero-order valence-corrected chi connectivity index (χ0v) is 15.3. The molecule has 0 radical (unpaired) electrons. The topological polar surface area (TPSA) is 90.1 Å². The van der Waals surface area contributed by atoms with Gasteiger partial charge in [-0.3, -0.25) is 14.7 Å². The fourth-order valence-electron chi connectivity index (χ4n) is 3.14. The molecular weight excluding hydrogens is 330 g/mol. The summed E-state index contributed by atoms with van der Waals surface area (Å²) < 4.78 is 0. The molecule has 0 fully saturated rings. The first-order valence-electron chi connectivity index (χ1n) is 9.07. The van der Waals surface area contributed by atoms with Crippen molar-refractivity contribution >= 4 is 11.8 Å². The SMILES string of the molecule is CCN(CC)C(=O)c1ccc(CNC(=O)c2n[nH]c3c2CNCC3)cc1. The number of nitrogens with one attached hydrogen (secondary N) is 3. The van der Waals surface area contributed by atoms with Gasteiger partial charge in [-0.2, -0.15) is 5.10 Å². The Morgan fingerprint density at radius 2 is 1.92 bits per heavy atom. The number of carbonyl (C=O) groups excluding carboxylic acids is 2. The minimum Gasteiger partial charge on any atom is -0.347 e. The van der Waals surface area contributed by atoms with E-state index >= 15 is 0 Å². The number of amides is 2. The highest BCUT2D eigenvalue weighted by Gasteiger charge is 2.21. The number of H-pyrrole nitrogens is 1. The number of hydrogen-bond donors (Lipinski definition) is 3. The summed E-state index contributed by atoms with van der Waals surface area (Å²) in [6.07, 6.45) is 0.859. The van der Waals surface area contributed by atoms with Gasteiger partial charge < -0.3 is 15.5 Å². The lowest BCUT2D eigenvalue weighted by molar-refractivity contribution is 0.0772. The molecule has 138 valence electrons. The molecule has 2 aromatic rings. The van der Waals surface area contributed by atoms with Crippen LogP contribution in [0.2, 0.25) is 0 Å². The molecule has 2 amide bonds. The van der Waals surface area contributed by atoms with Crippen LogP contribution in [0, 0.1) is 0 Å². The molecule has 7 nitrogen and oxygen atoms in total. The van der Waals surface area contributed by atoms with Gasteiger partial charge in [0.05, 0.1) is 0 Å². The third kappa shape index (κ3) is 3.77. The monoisotopic (exact) mass is 355 g/mol. The Morgan fingerprint density at radius 3 is 2.62 bits per heavy atom. The van der Waals surface area contributed by atoms with Crippen LogP contribution in [0.25, 0.3) is 0 Å². The second-order valence-corrected chi connectivity index (χ2v) is 6.31. The Kier molecular flexibility index (Phi) is 5.68. The van der Waals surface area contributed by atoms with Crippen LogP contribution in [-0.2, 0) is 19.5 Å². The van der Waals surface area contributed by atoms with Gasteiger partial charge in [-0.1, -0.05) is 12.1 Å². The molecule has 0 unspecified atom stereocenters. The maximum atomic E-state index is 12.4. The first kappa shape index (κ1) is 18.1. The minimum atomic E-state index is -0.186. The maximum Gasteiger partial charge on any atom is 0.272 e. The standard InChI is InChI=1S/C19H25N5O2/c1-3-24(4-2)19(26)14-7-5-13(6-8-14)11-21-18(25)17-15-12-20-10-9-16(15)22-23-17/h5-8,20H,3-4,9-12H2,1-2H3,(H,21,25)(H,22,23). The van der Waals surface area contributed by atoms with Crippen LogP contribution in [0.5, 0.6) is 0 Å². The molecule has 7 heteroatoms. The summed E-state index contributed by atoms with van der Waals surface area (Å²) in [5.41, 5.74) is 4.05. The lowest BCUT2D eigenvalue weighted by atomic mass is 10.1. The van der Waals surface area contributed by atoms with Crippen molar-refractivity contribution in [3.05, 3.63) is 52.3 Å². The molecule has 0 aliphatic carbocycles. The highest BCUT2D eigenvalue weighted by atomic mass is 16.2. The van der Waals surface area contributed by atoms with E-state index in [1.165, 1.54) is 0 Å². The van der Waals surface area contributed by atoms with Crippen LogP contribution in [0.4, 0.5) is 0 Å². The molecule has 0 atom stereocenters. The summed E-state index contributed by atoms with van der Waals surface area (Å²) in [4.78, 5) is 26.5. The van der Waals surface area contributed by atoms with Crippen LogP contribution >= 0.6 is 0 Å². The summed E-state index contributed by atoms with van der Waals surface area (Å²) in [7, 11) is 0. The average Bonchev–Trinajstić information content (AvgIpc) is 3.11. The van der Waals surface area contributed by atoms with Crippen molar-refractivity contribution in [1.29, 1.82) is 0 Å². The molecule has 3 N–H and O–H groups in total. The Balaban J connectivity index is 1.60. The molecule has 1 aliphatic rings. The quantitative estimate of drug-likeness (QED) is 0.732. The van der Waals surface area contributed by atoms with Gasteiger partial charge in [-0.15, -0.1) is 0 Å². The van der Waals surface area contributed by atoms with Crippen molar-refractivity contribution < 1.29 is 9.59 Å². The summed E-state index contributed by atoms with van der Waals surface area (Å²) in [6, 6.07) is 7.36. The normalized spacial score (nSPS) is 13.2. The van der Waals surface area contributed by atoms with Gasteiger partial charge in [0.2, 0.25) is 0 Å². The molecule has 0 bridgehead atoms. The molecule has 3 rings (SSSR count). The van der Waals surface area contributed by atoms with Gasteiger partial charge in [-0.25, -0.2) is 0 Å². The van der Waals surface area contributed by atoms with Crippen molar-refractivity contribution in [3.63, 3.8) is 0 Å². The van der Waals surface area contributed by atoms with Crippen LogP contribution in [0.3, 0.4) is 0 Å². The molecule has 0 saturated heterocycles. The molecule has 26 heavy (non-hydrogen) atoms. The van der Waals surface area contributed by atoms with E-state index in [4.69, 9.17) is 0 Å². The largest absolute Gasteiger partial charge is 0.347 e. The molecule has 1 aliphatic heterocycles. The second kappa shape index (κ2) is 8.14. The zero-order chi connectivity index (χ0) is 18.5. The number of rotatable bonds is 6. The third-order valence-corrected chi connectivity index (χ3v) is 4.73.